The Bertz CT molecular complexity index is 1610. The topological polar surface area (TPSA) is 82.1 Å². The molecule has 2 fully saturated rings. The van der Waals surface area contributed by atoms with Crippen LogP contribution in [-0.4, -0.2) is 44.1 Å². The smallest absolute Gasteiger partial charge is 0.219 e. The van der Waals surface area contributed by atoms with Crippen molar-refractivity contribution in [1.82, 2.24) is 24.4 Å². The van der Waals surface area contributed by atoms with Gasteiger partial charge in [-0.15, -0.1) is 0 Å². The average Bonchev–Trinajstić information content (AvgIpc) is 3.23. The average molecular weight is 511 g/mol. The second-order valence-corrected chi connectivity index (χ2v) is 10.5. The van der Waals surface area contributed by atoms with Crippen LogP contribution in [0.15, 0.2) is 67.1 Å². The van der Waals surface area contributed by atoms with Crippen molar-refractivity contribution < 1.29 is 4.74 Å². The number of nitrogens with two attached hydrogens (primary N) is 1. The van der Waals surface area contributed by atoms with E-state index >= 15 is 0 Å². The first kappa shape index (κ1) is 22.5. The Kier molecular flexibility index (Phi) is 5.48. The summed E-state index contributed by atoms with van der Waals surface area (Å²) in [7, 11) is 0. The van der Waals surface area contributed by atoms with Crippen molar-refractivity contribution in [3.05, 3.63) is 72.1 Å². The van der Waals surface area contributed by atoms with Gasteiger partial charge in [-0.1, -0.05) is 29.8 Å². The van der Waals surface area contributed by atoms with E-state index in [9.17, 15) is 0 Å². The fourth-order valence-corrected chi connectivity index (χ4v) is 5.88. The Hall–Kier alpha value is -3.68. The van der Waals surface area contributed by atoms with Gasteiger partial charge in [-0.3, -0.25) is 0 Å². The highest BCUT2D eigenvalue weighted by Crippen LogP contribution is 2.44. The van der Waals surface area contributed by atoms with Gasteiger partial charge in [-0.05, 0) is 74.2 Å². The molecule has 1 saturated heterocycles. The molecule has 1 aliphatic heterocycles. The second kappa shape index (κ2) is 9.01. The number of likely N-dealkylation sites (tertiary alicyclic amines) is 1. The van der Waals surface area contributed by atoms with E-state index in [0.717, 1.165) is 57.6 Å². The van der Waals surface area contributed by atoms with Gasteiger partial charge in [0.15, 0.2) is 0 Å². The number of pyridine rings is 1. The molecule has 0 unspecified atom stereocenters. The van der Waals surface area contributed by atoms with Gasteiger partial charge in [0.2, 0.25) is 5.88 Å². The normalized spacial score (nSPS) is 19.6. The molecule has 7 nitrogen and oxygen atoms in total. The molecule has 0 spiro atoms. The van der Waals surface area contributed by atoms with Crippen molar-refractivity contribution in [2.24, 2.45) is 5.92 Å². The van der Waals surface area contributed by atoms with E-state index in [-0.39, 0.29) is 0 Å². The number of fused-ring (bicyclic) bond motifs is 2. The molecule has 0 atom stereocenters. The summed E-state index contributed by atoms with van der Waals surface area (Å²) in [5.74, 6) is 2.46. The summed E-state index contributed by atoms with van der Waals surface area (Å²) < 4.78 is 8.25. The van der Waals surface area contributed by atoms with Crippen molar-refractivity contribution in [3.63, 3.8) is 0 Å². The van der Waals surface area contributed by atoms with Crippen LogP contribution >= 0.6 is 11.6 Å². The van der Waals surface area contributed by atoms with E-state index in [0.29, 0.717) is 22.8 Å². The molecule has 3 aromatic heterocycles. The van der Waals surface area contributed by atoms with Crippen molar-refractivity contribution in [2.75, 3.05) is 25.4 Å². The summed E-state index contributed by atoms with van der Waals surface area (Å²) in [4.78, 5) is 16.3. The van der Waals surface area contributed by atoms with E-state index in [4.69, 9.17) is 27.1 Å². The summed E-state index contributed by atoms with van der Waals surface area (Å²) in [5.41, 5.74) is 9.94. The lowest BCUT2D eigenvalue weighted by Gasteiger charge is -2.42. The van der Waals surface area contributed by atoms with Crippen LogP contribution in [0.2, 0.25) is 5.02 Å². The molecule has 5 aromatic rings. The van der Waals surface area contributed by atoms with Crippen LogP contribution in [0.25, 0.3) is 33.1 Å². The largest absolute Gasteiger partial charge is 0.439 e. The van der Waals surface area contributed by atoms with Crippen molar-refractivity contribution >= 4 is 39.4 Å². The second-order valence-electron chi connectivity index (χ2n) is 10.1. The van der Waals surface area contributed by atoms with Crippen molar-refractivity contribution in [2.45, 2.75) is 25.3 Å². The van der Waals surface area contributed by atoms with Gasteiger partial charge in [-0.2, -0.15) is 0 Å². The summed E-state index contributed by atoms with van der Waals surface area (Å²) in [5, 5.41) is 2.35. The number of ether oxygens (including phenoxy) is 1. The quantitative estimate of drug-likeness (QED) is 0.287. The number of nitrogens with zero attached hydrogens (tertiary/aromatic N) is 5. The first-order valence-electron chi connectivity index (χ1n) is 12.8. The van der Waals surface area contributed by atoms with Crippen LogP contribution < -0.4 is 10.5 Å². The molecule has 1 saturated carbocycles. The molecule has 186 valence electrons. The number of anilines is 1. The van der Waals surface area contributed by atoms with Crippen molar-refractivity contribution in [1.29, 1.82) is 0 Å². The van der Waals surface area contributed by atoms with E-state index < -0.39 is 0 Å². The number of para-hydroxylation sites is 1. The van der Waals surface area contributed by atoms with Gasteiger partial charge in [0.05, 0.1) is 15.9 Å². The summed E-state index contributed by atoms with van der Waals surface area (Å²) in [6.45, 7) is 3.70. The van der Waals surface area contributed by atoms with Crippen LogP contribution in [0.3, 0.4) is 0 Å². The van der Waals surface area contributed by atoms with E-state index in [2.05, 4.69) is 25.6 Å². The number of nitrogen functional groups attached to an aromatic ring is 1. The monoisotopic (exact) mass is 510 g/mol. The Morgan fingerprint density at radius 3 is 2.65 bits per heavy atom. The maximum Gasteiger partial charge on any atom is 0.219 e. The lowest BCUT2D eigenvalue weighted by atomic mass is 9.79. The van der Waals surface area contributed by atoms with Crippen molar-refractivity contribution in [3.8, 4) is 22.8 Å². The van der Waals surface area contributed by atoms with Crippen LogP contribution in [0.4, 0.5) is 5.82 Å². The Morgan fingerprint density at radius 1 is 1.03 bits per heavy atom. The van der Waals surface area contributed by atoms with Gasteiger partial charge in [0, 0.05) is 35.8 Å². The molecule has 7 rings (SSSR count). The van der Waals surface area contributed by atoms with E-state index in [1.807, 2.05) is 54.6 Å². The highest BCUT2D eigenvalue weighted by Gasteiger charge is 2.34. The van der Waals surface area contributed by atoms with Gasteiger partial charge < -0.3 is 19.9 Å². The zero-order chi connectivity index (χ0) is 24.9. The number of hydrogen-bond donors (Lipinski definition) is 1. The number of aromatic nitrogens is 4. The lowest BCUT2D eigenvalue weighted by molar-refractivity contribution is 0.0921. The minimum Gasteiger partial charge on any atom is -0.439 e. The zero-order valence-corrected chi connectivity index (χ0v) is 21.1. The molecule has 2 aliphatic rings. The Balaban J connectivity index is 1.26. The van der Waals surface area contributed by atoms with Crippen LogP contribution in [0, 0.1) is 5.92 Å². The molecule has 0 amide bonds. The summed E-state index contributed by atoms with van der Waals surface area (Å²) in [6.07, 6.45) is 7.37. The van der Waals surface area contributed by atoms with Crippen LogP contribution in [0.1, 0.15) is 25.3 Å². The van der Waals surface area contributed by atoms with Gasteiger partial charge in [0.25, 0.3) is 0 Å². The van der Waals surface area contributed by atoms with Gasteiger partial charge in [-0.25, -0.2) is 15.0 Å². The lowest BCUT2D eigenvalue weighted by Crippen LogP contribution is -2.43. The maximum absolute atomic E-state index is 6.76. The SMILES string of the molecule is Nc1ncnc2c1c(-c1cc(Cl)c3ccc(Oc4ccccc4)nc3c1)cn2C1CC(CN2CCC2)C1. The first-order valence-corrected chi connectivity index (χ1v) is 13.2. The molecular formula is C29H27ClN6O. The summed E-state index contributed by atoms with van der Waals surface area (Å²) >= 11 is 6.76. The third-order valence-electron chi connectivity index (χ3n) is 7.72. The highest BCUT2D eigenvalue weighted by atomic mass is 35.5. The molecule has 37 heavy (non-hydrogen) atoms. The van der Waals surface area contributed by atoms with Crippen LogP contribution in [-0.2, 0) is 0 Å². The Labute approximate surface area is 219 Å². The maximum atomic E-state index is 6.76. The molecule has 0 bridgehead atoms. The molecule has 0 radical (unpaired) electrons. The Morgan fingerprint density at radius 2 is 1.86 bits per heavy atom. The molecular weight excluding hydrogens is 484 g/mol. The third kappa shape index (κ3) is 4.08. The zero-order valence-electron chi connectivity index (χ0n) is 20.3. The van der Waals surface area contributed by atoms with Crippen LogP contribution in [0.5, 0.6) is 11.6 Å². The fourth-order valence-electron chi connectivity index (χ4n) is 5.60. The molecule has 2 N–H and O–H groups in total. The third-order valence-corrected chi connectivity index (χ3v) is 8.03. The standard InChI is InChI=1S/C29H27ClN6O/c30-24-13-19(14-25-22(24)7-8-26(34-25)37-21-5-2-1-3-6-21)23-16-36(29-27(23)28(31)32-17-33-29)20-11-18(12-20)15-35-9-4-10-35/h1-3,5-8,13-14,16-18,20H,4,9-12,15H2,(H2,31,32,33). The predicted octanol–water partition coefficient (Wildman–Crippen LogP) is 6.33. The molecule has 1 aliphatic carbocycles. The highest BCUT2D eigenvalue weighted by molar-refractivity contribution is 6.35. The van der Waals surface area contributed by atoms with E-state index in [1.54, 1.807) is 6.33 Å². The van der Waals surface area contributed by atoms with E-state index in [1.165, 1.54) is 26.1 Å². The summed E-state index contributed by atoms with van der Waals surface area (Å²) in [6, 6.07) is 17.8. The fraction of sp³-hybridized carbons (Fsp3) is 0.276. The van der Waals surface area contributed by atoms with Gasteiger partial charge in [0.1, 0.15) is 23.5 Å². The molecule has 8 heteroatoms. The predicted molar refractivity (Wildman–Crippen MR) is 147 cm³/mol. The minimum absolute atomic E-state index is 0.414. The first-order chi connectivity index (χ1) is 18.1. The minimum atomic E-state index is 0.414. The molecule has 2 aromatic carbocycles. The van der Waals surface area contributed by atoms with Gasteiger partial charge >= 0.3 is 0 Å². The number of hydrogen-bond acceptors (Lipinski definition) is 6. The molecule has 4 heterocycles. The number of benzene rings is 2. The number of rotatable bonds is 6. The number of halogens is 1.